The van der Waals surface area contributed by atoms with Crippen LogP contribution in [0.2, 0.25) is 0 Å². The first-order valence-electron chi connectivity index (χ1n) is 3.74. The van der Waals surface area contributed by atoms with Crippen molar-refractivity contribution in [3.63, 3.8) is 0 Å². The van der Waals surface area contributed by atoms with E-state index in [4.69, 9.17) is 4.74 Å². The van der Waals surface area contributed by atoms with Crippen LogP contribution >= 0.6 is 0 Å². The van der Waals surface area contributed by atoms with Gasteiger partial charge in [0.1, 0.15) is 6.61 Å². The van der Waals surface area contributed by atoms with E-state index in [-0.39, 0.29) is 0 Å². The Balaban J connectivity index is 2.96. The van der Waals surface area contributed by atoms with Crippen LogP contribution in [-0.2, 0) is 4.74 Å². The minimum atomic E-state index is 0.587. The smallest absolute Gasteiger partial charge is 0.107 e. The zero-order valence-corrected chi connectivity index (χ0v) is 7.11. The van der Waals surface area contributed by atoms with Gasteiger partial charge >= 0.3 is 0 Å². The third-order valence-corrected chi connectivity index (χ3v) is 1.19. The number of hydrogen-bond donors (Lipinski definition) is 0. The van der Waals surface area contributed by atoms with Gasteiger partial charge in [-0.15, -0.1) is 5.92 Å². The van der Waals surface area contributed by atoms with Crippen molar-refractivity contribution >= 4 is 0 Å². The molecule has 0 heterocycles. The lowest BCUT2D eigenvalue weighted by molar-refractivity contribution is 0.154. The molecule has 0 N–H and O–H groups in total. The van der Waals surface area contributed by atoms with Gasteiger partial charge in [0.15, 0.2) is 0 Å². The number of ether oxygens (including phenoxy) is 1. The van der Waals surface area contributed by atoms with Crippen LogP contribution in [-0.4, -0.2) is 13.2 Å². The minimum Gasteiger partial charge on any atom is -0.369 e. The predicted octanol–water partition coefficient (Wildman–Crippen LogP) is 2.07. The maximum Gasteiger partial charge on any atom is 0.107 e. The molecule has 0 aliphatic rings. The van der Waals surface area contributed by atoms with Gasteiger partial charge in [0, 0.05) is 6.61 Å². The van der Waals surface area contributed by atoms with E-state index in [0.29, 0.717) is 6.61 Å². The van der Waals surface area contributed by atoms with Gasteiger partial charge < -0.3 is 4.74 Å². The molecule has 1 nitrogen and oxygen atoms in total. The fraction of sp³-hybridized carbons (Fsp3) is 0.778. The highest BCUT2D eigenvalue weighted by Crippen LogP contribution is 1.97. The van der Waals surface area contributed by atoms with Crippen molar-refractivity contribution < 1.29 is 4.74 Å². The molecule has 0 atom stereocenters. The van der Waals surface area contributed by atoms with Crippen LogP contribution in [0, 0.1) is 17.8 Å². The Kier molecular flexibility index (Phi) is 6.32. The van der Waals surface area contributed by atoms with Crippen LogP contribution in [0.15, 0.2) is 0 Å². The predicted molar refractivity (Wildman–Crippen MR) is 43.7 cm³/mol. The summed E-state index contributed by atoms with van der Waals surface area (Å²) >= 11 is 0. The molecule has 0 aromatic rings. The molecule has 0 radical (unpaired) electrons. The lowest BCUT2D eigenvalue weighted by Gasteiger charge is -2.02. The molecule has 0 amide bonds. The van der Waals surface area contributed by atoms with Gasteiger partial charge in [-0.1, -0.05) is 19.8 Å². The lowest BCUT2D eigenvalue weighted by Crippen LogP contribution is -1.98. The molecular weight excluding hydrogens is 124 g/mol. The summed E-state index contributed by atoms with van der Waals surface area (Å²) < 4.78 is 5.21. The monoisotopic (exact) mass is 140 g/mol. The van der Waals surface area contributed by atoms with Gasteiger partial charge in [0.05, 0.1) is 0 Å². The normalized spacial score (nSPS) is 9.20. The Morgan fingerprint density at radius 1 is 1.40 bits per heavy atom. The highest BCUT2D eigenvalue weighted by Gasteiger charge is 1.91. The summed E-state index contributed by atoms with van der Waals surface area (Å²) in [6.45, 7) is 7.63. The number of hydrogen-bond acceptors (Lipinski definition) is 1. The zero-order chi connectivity index (χ0) is 7.82. The first-order valence-corrected chi connectivity index (χ1v) is 3.74. The van der Waals surface area contributed by atoms with Crippen molar-refractivity contribution in [2.75, 3.05) is 13.2 Å². The molecule has 0 unspecified atom stereocenters. The fourth-order valence-electron chi connectivity index (χ4n) is 0.514. The topological polar surface area (TPSA) is 9.23 Å². The van der Waals surface area contributed by atoms with Crippen LogP contribution in [0.5, 0.6) is 0 Å². The zero-order valence-electron chi connectivity index (χ0n) is 7.11. The Morgan fingerprint density at radius 2 is 2.10 bits per heavy atom. The molecule has 0 aliphatic carbocycles. The average molecular weight is 140 g/mol. The van der Waals surface area contributed by atoms with Crippen LogP contribution in [0.3, 0.4) is 0 Å². The molecule has 58 valence electrons. The summed E-state index contributed by atoms with van der Waals surface area (Å²) in [6, 6.07) is 0. The molecule has 10 heavy (non-hydrogen) atoms. The highest BCUT2D eigenvalue weighted by atomic mass is 16.5. The molecule has 0 aliphatic heterocycles. The van der Waals surface area contributed by atoms with E-state index >= 15 is 0 Å². The average Bonchev–Trinajstić information content (AvgIpc) is 1.87. The van der Waals surface area contributed by atoms with Crippen LogP contribution in [0.4, 0.5) is 0 Å². The van der Waals surface area contributed by atoms with E-state index in [1.807, 2.05) is 6.92 Å². The Hall–Kier alpha value is -0.480. The van der Waals surface area contributed by atoms with E-state index in [1.54, 1.807) is 0 Å². The second kappa shape index (κ2) is 6.64. The van der Waals surface area contributed by atoms with Gasteiger partial charge in [0.2, 0.25) is 0 Å². The summed E-state index contributed by atoms with van der Waals surface area (Å²) in [5, 5.41) is 0. The van der Waals surface area contributed by atoms with Crippen LogP contribution in [0.1, 0.15) is 27.2 Å². The molecule has 0 bridgehead atoms. The maximum absolute atomic E-state index is 5.21. The standard InChI is InChI=1S/C9H16O/c1-4-5-7-10-8-6-9(2)3/h9H,6-8H2,1-3H3. The van der Waals surface area contributed by atoms with Crippen molar-refractivity contribution in [1.29, 1.82) is 0 Å². The van der Waals surface area contributed by atoms with Crippen molar-refractivity contribution in [3.05, 3.63) is 0 Å². The third-order valence-electron chi connectivity index (χ3n) is 1.19. The van der Waals surface area contributed by atoms with E-state index in [9.17, 15) is 0 Å². The maximum atomic E-state index is 5.21. The van der Waals surface area contributed by atoms with Gasteiger partial charge in [0.25, 0.3) is 0 Å². The molecule has 0 rings (SSSR count). The Morgan fingerprint density at radius 3 is 2.60 bits per heavy atom. The second-order valence-corrected chi connectivity index (χ2v) is 2.66. The molecule has 1 heteroatoms. The Labute approximate surface area is 63.8 Å². The van der Waals surface area contributed by atoms with Crippen LogP contribution < -0.4 is 0 Å². The van der Waals surface area contributed by atoms with E-state index in [2.05, 4.69) is 25.7 Å². The highest BCUT2D eigenvalue weighted by molar-refractivity contribution is 4.94. The van der Waals surface area contributed by atoms with Gasteiger partial charge in [-0.2, -0.15) is 0 Å². The lowest BCUT2D eigenvalue weighted by atomic mass is 10.1. The summed E-state index contributed by atoms with van der Waals surface area (Å²) in [4.78, 5) is 0. The molecule has 0 saturated heterocycles. The summed E-state index contributed by atoms with van der Waals surface area (Å²) in [5.41, 5.74) is 0. The molecule has 0 fully saturated rings. The first kappa shape index (κ1) is 9.52. The molecule has 0 spiro atoms. The molecule has 0 saturated carbocycles. The molecule has 0 aromatic carbocycles. The van der Waals surface area contributed by atoms with Crippen molar-refractivity contribution in [1.82, 2.24) is 0 Å². The van der Waals surface area contributed by atoms with Crippen molar-refractivity contribution in [2.45, 2.75) is 27.2 Å². The van der Waals surface area contributed by atoms with Gasteiger partial charge in [-0.3, -0.25) is 0 Å². The van der Waals surface area contributed by atoms with E-state index in [1.165, 1.54) is 0 Å². The second-order valence-electron chi connectivity index (χ2n) is 2.66. The van der Waals surface area contributed by atoms with Crippen molar-refractivity contribution in [3.8, 4) is 11.8 Å². The molecular formula is C9H16O. The van der Waals surface area contributed by atoms with Crippen molar-refractivity contribution in [2.24, 2.45) is 5.92 Å². The SMILES string of the molecule is CC#CCOCCC(C)C. The van der Waals surface area contributed by atoms with E-state index < -0.39 is 0 Å². The first-order chi connectivity index (χ1) is 4.77. The summed E-state index contributed by atoms with van der Waals surface area (Å²) in [7, 11) is 0. The minimum absolute atomic E-state index is 0.587. The summed E-state index contributed by atoms with van der Waals surface area (Å²) in [6.07, 6.45) is 1.13. The largest absolute Gasteiger partial charge is 0.369 e. The molecule has 0 aromatic heterocycles. The quantitative estimate of drug-likeness (QED) is 0.429. The number of rotatable bonds is 4. The van der Waals surface area contributed by atoms with Crippen LogP contribution in [0.25, 0.3) is 0 Å². The Bertz CT molecular complexity index is 116. The third kappa shape index (κ3) is 7.52. The van der Waals surface area contributed by atoms with Gasteiger partial charge in [-0.25, -0.2) is 0 Å². The summed E-state index contributed by atoms with van der Waals surface area (Å²) in [5.74, 6) is 6.36. The fourth-order valence-corrected chi connectivity index (χ4v) is 0.514. The van der Waals surface area contributed by atoms with Gasteiger partial charge in [-0.05, 0) is 19.3 Å². The van der Waals surface area contributed by atoms with E-state index in [0.717, 1.165) is 18.9 Å².